The molecule has 3 aromatic rings. The van der Waals surface area contributed by atoms with E-state index in [0.29, 0.717) is 11.1 Å². The van der Waals surface area contributed by atoms with Gasteiger partial charge in [-0.3, -0.25) is 14.3 Å². The number of imidazole rings is 1. The Morgan fingerprint density at radius 1 is 1.38 bits per heavy atom. The van der Waals surface area contributed by atoms with Crippen molar-refractivity contribution in [2.24, 2.45) is 0 Å². The number of H-pyrrole nitrogens is 1. The predicted octanol–water partition coefficient (Wildman–Crippen LogP) is -0.971. The number of ether oxygens (including phenoxy) is 1. The first kappa shape index (κ1) is 18.9. The summed E-state index contributed by atoms with van der Waals surface area (Å²) in [5.41, 5.74) is 5.16. The normalized spacial score (nSPS) is 21.5. The number of hydrogen-bond donors (Lipinski definition) is 4. The molecule has 1 aliphatic rings. The molecular formula is C18H18N6O5. The van der Waals surface area contributed by atoms with Crippen LogP contribution >= 0.6 is 0 Å². The van der Waals surface area contributed by atoms with Crippen molar-refractivity contribution in [2.45, 2.75) is 31.4 Å². The summed E-state index contributed by atoms with van der Waals surface area (Å²) in [6, 6.07) is 8.75. The van der Waals surface area contributed by atoms with Crippen LogP contribution in [0, 0.1) is 11.3 Å². The lowest BCUT2D eigenvalue weighted by Gasteiger charge is -2.15. The maximum atomic E-state index is 13.2. The fraction of sp³-hybridized carbons (Fsp3) is 0.333. The summed E-state index contributed by atoms with van der Waals surface area (Å²) in [4.78, 5) is 32.3. The summed E-state index contributed by atoms with van der Waals surface area (Å²) in [5.74, 6) is -0.197. The van der Waals surface area contributed by atoms with Gasteiger partial charge >= 0.3 is 5.69 Å². The van der Waals surface area contributed by atoms with Gasteiger partial charge < -0.3 is 20.7 Å². The highest BCUT2D eigenvalue weighted by molar-refractivity contribution is 5.72. The highest BCUT2D eigenvalue weighted by Gasteiger charge is 2.38. The molecule has 0 spiro atoms. The van der Waals surface area contributed by atoms with E-state index in [1.54, 1.807) is 24.3 Å². The predicted molar refractivity (Wildman–Crippen MR) is 101 cm³/mol. The topological polar surface area (TPSA) is 172 Å². The van der Waals surface area contributed by atoms with Crippen molar-refractivity contribution >= 4 is 17.1 Å². The first-order valence-corrected chi connectivity index (χ1v) is 8.87. The number of aliphatic hydroxyl groups excluding tert-OH is 2. The number of aromatic amines is 1. The Balaban J connectivity index is 1.95. The molecule has 0 unspecified atom stereocenters. The summed E-state index contributed by atoms with van der Waals surface area (Å²) < 4.78 is 7.82. The van der Waals surface area contributed by atoms with Crippen LogP contribution in [0.25, 0.3) is 11.2 Å². The molecule has 150 valence electrons. The summed E-state index contributed by atoms with van der Waals surface area (Å²) in [5, 5.41) is 29.0. The largest absolute Gasteiger partial charge is 0.394 e. The lowest BCUT2D eigenvalue weighted by molar-refractivity contribution is -0.0505. The molecule has 11 heteroatoms. The molecule has 0 aliphatic carbocycles. The Morgan fingerprint density at radius 2 is 2.14 bits per heavy atom. The van der Waals surface area contributed by atoms with Crippen LogP contribution in [0.5, 0.6) is 0 Å². The van der Waals surface area contributed by atoms with Gasteiger partial charge in [-0.15, -0.1) is 0 Å². The number of nitriles is 1. The molecule has 4 rings (SSSR count). The number of anilines is 1. The number of rotatable bonds is 4. The number of nitrogens with zero attached hydrogens (tertiary/aromatic N) is 4. The van der Waals surface area contributed by atoms with E-state index in [1.807, 2.05) is 0 Å². The van der Waals surface area contributed by atoms with Crippen LogP contribution in [0.15, 0.2) is 33.9 Å². The highest BCUT2D eigenvalue weighted by atomic mass is 16.5. The Hall–Kier alpha value is -3.46. The Kier molecular flexibility index (Phi) is 4.67. The van der Waals surface area contributed by atoms with Crippen molar-refractivity contribution in [3.05, 3.63) is 56.2 Å². The van der Waals surface area contributed by atoms with Crippen LogP contribution in [-0.2, 0) is 11.3 Å². The molecule has 0 bridgehead atoms. The van der Waals surface area contributed by atoms with E-state index in [1.165, 1.54) is 4.57 Å². The molecule has 1 saturated heterocycles. The number of nitrogen functional groups attached to an aromatic ring is 1. The first-order valence-electron chi connectivity index (χ1n) is 8.87. The van der Waals surface area contributed by atoms with Crippen molar-refractivity contribution in [1.82, 2.24) is 19.1 Å². The Bertz CT molecular complexity index is 1240. The second-order valence-corrected chi connectivity index (χ2v) is 6.77. The Morgan fingerprint density at radius 3 is 2.83 bits per heavy atom. The molecule has 3 heterocycles. The van der Waals surface area contributed by atoms with Gasteiger partial charge in [0.1, 0.15) is 6.10 Å². The zero-order valence-corrected chi connectivity index (χ0v) is 15.1. The number of benzene rings is 1. The average molecular weight is 398 g/mol. The number of nitrogens with two attached hydrogens (primary N) is 1. The second-order valence-electron chi connectivity index (χ2n) is 6.77. The number of aromatic nitrogens is 4. The smallest absolute Gasteiger partial charge is 0.333 e. The lowest BCUT2D eigenvalue weighted by atomic mass is 10.1. The van der Waals surface area contributed by atoms with E-state index >= 15 is 0 Å². The van der Waals surface area contributed by atoms with E-state index in [2.05, 4.69) is 16.0 Å². The molecule has 3 atom stereocenters. The minimum atomic E-state index is -1.14. The zero-order chi connectivity index (χ0) is 20.7. The van der Waals surface area contributed by atoms with Crippen molar-refractivity contribution in [2.75, 3.05) is 12.3 Å². The summed E-state index contributed by atoms with van der Waals surface area (Å²) in [6.45, 7) is -0.389. The number of fused-ring (bicyclic) bond motifs is 1. The monoisotopic (exact) mass is 398 g/mol. The quantitative estimate of drug-likeness (QED) is 0.434. The molecule has 0 radical (unpaired) electrons. The van der Waals surface area contributed by atoms with Crippen molar-refractivity contribution in [1.29, 1.82) is 5.26 Å². The summed E-state index contributed by atoms with van der Waals surface area (Å²) in [7, 11) is 0. The second kappa shape index (κ2) is 7.17. The minimum Gasteiger partial charge on any atom is -0.394 e. The fourth-order valence-corrected chi connectivity index (χ4v) is 3.59. The molecule has 5 N–H and O–H groups in total. The minimum absolute atomic E-state index is 0.0478. The van der Waals surface area contributed by atoms with Gasteiger partial charge in [0.25, 0.3) is 5.56 Å². The van der Waals surface area contributed by atoms with Gasteiger partial charge in [-0.1, -0.05) is 18.2 Å². The molecule has 1 fully saturated rings. The summed E-state index contributed by atoms with van der Waals surface area (Å²) >= 11 is 0. The number of nitrogens with one attached hydrogen (secondary N) is 1. The standard InChI is InChI=1S/C18H18N6O5/c19-6-9-3-1-2-4-10(9)7-23-13-14(21-17(20)22-15(13)27)24(18(23)28)16-12(26)5-11(8-25)29-16/h1-4,11-12,16,25-26H,5,7-8H2,(H3,20,21,22,27)/t11-,12+,16+/m0/s1. The van der Waals surface area contributed by atoms with Crippen LogP contribution in [0.4, 0.5) is 5.95 Å². The number of aliphatic hydroxyl groups is 2. The van der Waals surface area contributed by atoms with Crippen LogP contribution in [0.1, 0.15) is 23.8 Å². The average Bonchev–Trinajstić information content (AvgIpc) is 3.19. The molecule has 0 amide bonds. The summed E-state index contributed by atoms with van der Waals surface area (Å²) in [6.07, 6.45) is -2.75. The molecule has 1 aromatic carbocycles. The van der Waals surface area contributed by atoms with Gasteiger partial charge in [-0.2, -0.15) is 10.2 Å². The van der Waals surface area contributed by atoms with E-state index in [0.717, 1.165) is 4.57 Å². The lowest BCUT2D eigenvalue weighted by Crippen LogP contribution is -2.32. The van der Waals surface area contributed by atoms with E-state index in [-0.39, 0.29) is 36.7 Å². The van der Waals surface area contributed by atoms with E-state index < -0.39 is 29.7 Å². The molecule has 11 nitrogen and oxygen atoms in total. The SMILES string of the molecule is N#Cc1ccccc1Cn1c(=O)n([C@@H]2O[C@H](CO)C[C@H]2O)c2nc(N)[nH]c(=O)c21. The van der Waals surface area contributed by atoms with Gasteiger partial charge in [0.05, 0.1) is 30.9 Å². The third-order valence-corrected chi connectivity index (χ3v) is 4.92. The Labute approximate surface area is 163 Å². The van der Waals surface area contributed by atoms with Crippen LogP contribution in [-0.4, -0.2) is 48.1 Å². The van der Waals surface area contributed by atoms with Gasteiger partial charge in [-0.05, 0) is 11.6 Å². The van der Waals surface area contributed by atoms with Gasteiger partial charge in [0, 0.05) is 6.42 Å². The van der Waals surface area contributed by atoms with Crippen molar-refractivity contribution in [3.63, 3.8) is 0 Å². The maximum absolute atomic E-state index is 13.2. The maximum Gasteiger partial charge on any atom is 0.333 e. The number of hydrogen-bond acceptors (Lipinski definition) is 8. The van der Waals surface area contributed by atoms with Gasteiger partial charge in [-0.25, -0.2) is 9.36 Å². The molecule has 1 aliphatic heterocycles. The van der Waals surface area contributed by atoms with E-state index in [9.17, 15) is 25.1 Å². The first-order chi connectivity index (χ1) is 13.9. The zero-order valence-electron chi connectivity index (χ0n) is 15.1. The van der Waals surface area contributed by atoms with Crippen LogP contribution < -0.4 is 17.0 Å². The van der Waals surface area contributed by atoms with E-state index in [4.69, 9.17) is 10.5 Å². The fourth-order valence-electron chi connectivity index (χ4n) is 3.59. The third-order valence-electron chi connectivity index (χ3n) is 4.92. The van der Waals surface area contributed by atoms with Crippen LogP contribution in [0.3, 0.4) is 0 Å². The molecule has 29 heavy (non-hydrogen) atoms. The van der Waals surface area contributed by atoms with Crippen molar-refractivity contribution < 1.29 is 14.9 Å². The highest BCUT2D eigenvalue weighted by Crippen LogP contribution is 2.29. The molecule has 2 aromatic heterocycles. The van der Waals surface area contributed by atoms with Gasteiger partial charge in [0.15, 0.2) is 17.4 Å². The third kappa shape index (κ3) is 3.09. The molecule has 0 saturated carbocycles. The van der Waals surface area contributed by atoms with Crippen LogP contribution in [0.2, 0.25) is 0 Å². The molecular weight excluding hydrogens is 380 g/mol. The van der Waals surface area contributed by atoms with Crippen molar-refractivity contribution in [3.8, 4) is 6.07 Å². The van der Waals surface area contributed by atoms with Gasteiger partial charge in [0.2, 0.25) is 5.95 Å².